The van der Waals surface area contributed by atoms with Crippen molar-refractivity contribution >= 4 is 33.7 Å². The van der Waals surface area contributed by atoms with E-state index in [1.165, 1.54) is 0 Å². The molecule has 0 aliphatic carbocycles. The van der Waals surface area contributed by atoms with E-state index in [1.807, 2.05) is 52.1 Å². The molecule has 0 unspecified atom stereocenters. The number of imidazole rings is 1. The van der Waals surface area contributed by atoms with Crippen LogP contribution in [-0.2, 0) is 14.1 Å². The summed E-state index contributed by atoms with van der Waals surface area (Å²) in [5, 5.41) is 11.2. The fraction of sp³-hybridized carbons (Fsp3) is 0.269. The average molecular weight is 485 g/mol. The van der Waals surface area contributed by atoms with Crippen molar-refractivity contribution in [1.82, 2.24) is 34.2 Å². The van der Waals surface area contributed by atoms with Gasteiger partial charge in [0.05, 0.1) is 45.4 Å². The maximum absolute atomic E-state index is 13.5. The van der Waals surface area contributed by atoms with Crippen LogP contribution in [0.4, 0.5) is 5.82 Å². The van der Waals surface area contributed by atoms with Gasteiger partial charge < -0.3 is 10.6 Å². The maximum atomic E-state index is 13.5. The fourth-order valence-corrected chi connectivity index (χ4v) is 4.72. The molecular formula is C26H28N8O2. The SMILES string of the molecule is CCNC(=O)c1cc(-c2ccc3ncc4c(c3c2)n(-c2c(C)nn(C)c2C)c(=O)n4C)cnc1NC. The van der Waals surface area contributed by atoms with Gasteiger partial charge in [0.2, 0.25) is 0 Å². The molecule has 184 valence electrons. The van der Waals surface area contributed by atoms with Crippen LogP contribution in [0, 0.1) is 13.8 Å². The quantitative estimate of drug-likeness (QED) is 0.397. The summed E-state index contributed by atoms with van der Waals surface area (Å²) in [6.07, 6.45) is 3.46. The van der Waals surface area contributed by atoms with Crippen LogP contribution < -0.4 is 16.3 Å². The summed E-state index contributed by atoms with van der Waals surface area (Å²) in [5.41, 5.74) is 6.61. The molecule has 0 spiro atoms. The number of pyridine rings is 2. The van der Waals surface area contributed by atoms with Crippen molar-refractivity contribution in [2.24, 2.45) is 14.1 Å². The van der Waals surface area contributed by atoms with E-state index < -0.39 is 0 Å². The molecule has 0 aliphatic rings. The van der Waals surface area contributed by atoms with E-state index in [9.17, 15) is 9.59 Å². The number of carbonyl (C=O) groups is 1. The summed E-state index contributed by atoms with van der Waals surface area (Å²) in [5.74, 6) is 0.314. The van der Waals surface area contributed by atoms with Crippen molar-refractivity contribution in [3.05, 3.63) is 64.1 Å². The maximum Gasteiger partial charge on any atom is 0.333 e. The van der Waals surface area contributed by atoms with Gasteiger partial charge >= 0.3 is 5.69 Å². The third-order valence-electron chi connectivity index (χ3n) is 6.62. The Morgan fingerprint density at radius 1 is 1.06 bits per heavy atom. The lowest BCUT2D eigenvalue weighted by Crippen LogP contribution is -2.24. The molecule has 0 atom stereocenters. The molecule has 10 nitrogen and oxygen atoms in total. The van der Waals surface area contributed by atoms with Crippen LogP contribution in [0.5, 0.6) is 0 Å². The topological polar surface area (TPSA) is 112 Å². The second kappa shape index (κ2) is 8.63. The number of hydrogen-bond donors (Lipinski definition) is 2. The summed E-state index contributed by atoms with van der Waals surface area (Å²) < 4.78 is 5.11. The molecule has 36 heavy (non-hydrogen) atoms. The van der Waals surface area contributed by atoms with E-state index in [4.69, 9.17) is 0 Å². The number of aromatic nitrogens is 6. The van der Waals surface area contributed by atoms with E-state index in [0.717, 1.165) is 50.1 Å². The van der Waals surface area contributed by atoms with Crippen molar-refractivity contribution in [3.63, 3.8) is 0 Å². The molecule has 4 aromatic heterocycles. The Morgan fingerprint density at radius 2 is 1.83 bits per heavy atom. The standard InChI is InChI=1S/C26H28N8O2/c1-7-28-25(35)19-11-17(12-30-24(19)27-4)16-8-9-20-18(10-16)23-21(13-29-20)32(5)26(36)34(23)22-14(2)31-33(6)15(22)3/h8-13H,7H2,1-6H3,(H,27,30)(H,28,35). The number of amides is 1. The van der Waals surface area contributed by atoms with Gasteiger partial charge in [-0.25, -0.2) is 9.78 Å². The lowest BCUT2D eigenvalue weighted by molar-refractivity contribution is 0.0956. The first kappa shape index (κ1) is 23.3. The van der Waals surface area contributed by atoms with Gasteiger partial charge in [-0.1, -0.05) is 6.07 Å². The molecule has 0 radical (unpaired) electrons. The molecule has 0 fully saturated rings. The van der Waals surface area contributed by atoms with Crippen molar-refractivity contribution in [2.45, 2.75) is 20.8 Å². The second-order valence-corrected chi connectivity index (χ2v) is 8.77. The van der Waals surface area contributed by atoms with Crippen molar-refractivity contribution in [2.75, 3.05) is 18.9 Å². The highest BCUT2D eigenvalue weighted by Crippen LogP contribution is 2.31. The van der Waals surface area contributed by atoms with Crippen LogP contribution in [0.2, 0.25) is 0 Å². The molecular weight excluding hydrogens is 456 g/mol. The van der Waals surface area contributed by atoms with Gasteiger partial charge in [0, 0.05) is 44.8 Å². The summed E-state index contributed by atoms with van der Waals surface area (Å²) >= 11 is 0. The third kappa shape index (κ3) is 3.44. The Bertz CT molecular complexity index is 1720. The number of carbonyl (C=O) groups excluding carboxylic acids is 1. The van der Waals surface area contributed by atoms with Gasteiger partial charge in [0.25, 0.3) is 5.91 Å². The Balaban J connectivity index is 1.80. The van der Waals surface area contributed by atoms with Crippen LogP contribution >= 0.6 is 0 Å². The number of fused-ring (bicyclic) bond motifs is 3. The molecule has 0 saturated carbocycles. The predicted octanol–water partition coefficient (Wildman–Crippen LogP) is 3.08. The Hall–Kier alpha value is -4.47. The van der Waals surface area contributed by atoms with Crippen LogP contribution in [0.15, 0.2) is 41.5 Å². The molecule has 1 amide bonds. The van der Waals surface area contributed by atoms with E-state index >= 15 is 0 Å². The molecule has 10 heteroatoms. The number of nitrogens with one attached hydrogen (secondary N) is 2. The van der Waals surface area contributed by atoms with Crippen LogP contribution in [0.3, 0.4) is 0 Å². The molecule has 0 aliphatic heterocycles. The largest absolute Gasteiger partial charge is 0.372 e. The first-order valence-electron chi connectivity index (χ1n) is 11.7. The highest BCUT2D eigenvalue weighted by molar-refractivity contribution is 6.05. The van der Waals surface area contributed by atoms with Crippen LogP contribution in [-0.4, -0.2) is 48.4 Å². The molecule has 2 N–H and O–H groups in total. The third-order valence-corrected chi connectivity index (χ3v) is 6.62. The number of anilines is 1. The Labute approximate surface area is 207 Å². The minimum absolute atomic E-state index is 0.164. The Kier molecular flexibility index (Phi) is 5.58. The number of rotatable bonds is 5. The van der Waals surface area contributed by atoms with Crippen LogP contribution in [0.25, 0.3) is 38.8 Å². The Morgan fingerprint density at radius 3 is 2.50 bits per heavy atom. The lowest BCUT2D eigenvalue weighted by atomic mass is 10.0. The zero-order valence-electron chi connectivity index (χ0n) is 21.2. The summed E-state index contributed by atoms with van der Waals surface area (Å²) in [6, 6.07) is 7.70. The molecule has 4 heterocycles. The minimum atomic E-state index is -0.194. The normalized spacial score (nSPS) is 11.4. The molecule has 0 saturated heterocycles. The first-order chi connectivity index (χ1) is 17.3. The van der Waals surface area contributed by atoms with Crippen LogP contribution in [0.1, 0.15) is 28.7 Å². The molecule has 1 aromatic carbocycles. The zero-order valence-corrected chi connectivity index (χ0v) is 21.2. The van der Waals surface area contributed by atoms with E-state index in [-0.39, 0.29) is 11.6 Å². The second-order valence-electron chi connectivity index (χ2n) is 8.77. The van der Waals surface area contributed by atoms with Gasteiger partial charge in [-0.15, -0.1) is 0 Å². The van der Waals surface area contributed by atoms with Crippen molar-refractivity contribution < 1.29 is 4.79 Å². The van der Waals surface area contributed by atoms with Gasteiger partial charge in [0.15, 0.2) is 0 Å². The van der Waals surface area contributed by atoms with Gasteiger partial charge in [-0.2, -0.15) is 5.10 Å². The van der Waals surface area contributed by atoms with E-state index in [0.29, 0.717) is 17.9 Å². The number of benzene rings is 1. The monoisotopic (exact) mass is 484 g/mol. The highest BCUT2D eigenvalue weighted by Gasteiger charge is 2.22. The fourth-order valence-electron chi connectivity index (χ4n) is 4.72. The predicted molar refractivity (Wildman–Crippen MR) is 141 cm³/mol. The zero-order chi connectivity index (χ0) is 25.7. The number of hydrogen-bond acceptors (Lipinski definition) is 6. The summed E-state index contributed by atoms with van der Waals surface area (Å²) in [4.78, 5) is 35.2. The van der Waals surface area contributed by atoms with Crippen molar-refractivity contribution in [1.29, 1.82) is 0 Å². The first-order valence-corrected chi connectivity index (χ1v) is 11.7. The summed E-state index contributed by atoms with van der Waals surface area (Å²) in [6.45, 7) is 6.25. The van der Waals surface area contributed by atoms with Gasteiger partial charge in [-0.3, -0.25) is 23.6 Å². The van der Waals surface area contributed by atoms with Crippen molar-refractivity contribution in [3.8, 4) is 16.8 Å². The number of aryl methyl sites for hydroxylation is 3. The molecule has 0 bridgehead atoms. The lowest BCUT2D eigenvalue weighted by Gasteiger charge is -2.11. The average Bonchev–Trinajstić information content (AvgIpc) is 3.28. The highest BCUT2D eigenvalue weighted by atomic mass is 16.2. The van der Waals surface area contributed by atoms with Gasteiger partial charge in [0.1, 0.15) is 5.82 Å². The molecule has 5 aromatic rings. The minimum Gasteiger partial charge on any atom is -0.372 e. The smallest absolute Gasteiger partial charge is 0.333 e. The summed E-state index contributed by atoms with van der Waals surface area (Å²) in [7, 11) is 5.35. The molecule has 5 rings (SSSR count). The van der Waals surface area contributed by atoms with E-state index in [2.05, 4.69) is 25.7 Å². The van der Waals surface area contributed by atoms with E-state index in [1.54, 1.807) is 40.3 Å². The van der Waals surface area contributed by atoms with Gasteiger partial charge in [-0.05, 0) is 44.5 Å². The number of nitrogens with zero attached hydrogens (tertiary/aromatic N) is 6.